The SMILES string of the molecule is C[C@@H](OC(=O)[C@@H]1COc2ccc(Cl)cc2C1)C(=O)N1CCN(S(=O)(=O)c2ccccc2)CC1. The smallest absolute Gasteiger partial charge is 0.313 e. The van der Waals surface area contributed by atoms with Gasteiger partial charge in [-0.25, -0.2) is 8.42 Å². The lowest BCUT2D eigenvalue weighted by atomic mass is 9.97. The van der Waals surface area contributed by atoms with Crippen molar-refractivity contribution in [2.24, 2.45) is 5.92 Å². The van der Waals surface area contributed by atoms with Crippen molar-refractivity contribution < 1.29 is 27.5 Å². The highest BCUT2D eigenvalue weighted by atomic mass is 35.5. The van der Waals surface area contributed by atoms with Gasteiger partial charge in [0.25, 0.3) is 5.91 Å². The second kappa shape index (κ2) is 9.70. The Morgan fingerprint density at radius 3 is 2.48 bits per heavy atom. The van der Waals surface area contributed by atoms with Crippen LogP contribution in [0.2, 0.25) is 5.02 Å². The summed E-state index contributed by atoms with van der Waals surface area (Å²) in [5, 5.41) is 0.559. The largest absolute Gasteiger partial charge is 0.492 e. The molecule has 2 aliphatic heterocycles. The van der Waals surface area contributed by atoms with Gasteiger partial charge in [0.2, 0.25) is 10.0 Å². The zero-order chi connectivity index (χ0) is 23.6. The maximum atomic E-state index is 12.8. The molecule has 176 valence electrons. The van der Waals surface area contributed by atoms with Gasteiger partial charge in [-0.05, 0) is 49.2 Å². The molecule has 1 amide bonds. The Morgan fingerprint density at radius 2 is 1.79 bits per heavy atom. The van der Waals surface area contributed by atoms with E-state index >= 15 is 0 Å². The molecule has 2 aromatic rings. The summed E-state index contributed by atoms with van der Waals surface area (Å²) in [4.78, 5) is 27.2. The molecular weight excluding hydrogens is 468 g/mol. The van der Waals surface area contributed by atoms with Gasteiger partial charge < -0.3 is 14.4 Å². The van der Waals surface area contributed by atoms with E-state index in [9.17, 15) is 18.0 Å². The lowest BCUT2D eigenvalue weighted by molar-refractivity contribution is -0.164. The lowest BCUT2D eigenvalue weighted by Gasteiger charge is -2.35. The molecule has 0 saturated carbocycles. The van der Waals surface area contributed by atoms with E-state index in [4.69, 9.17) is 21.1 Å². The van der Waals surface area contributed by atoms with Crippen molar-refractivity contribution in [2.75, 3.05) is 32.8 Å². The highest BCUT2D eigenvalue weighted by molar-refractivity contribution is 7.89. The number of nitrogens with zero attached hydrogens (tertiary/aromatic N) is 2. The molecule has 2 aliphatic rings. The maximum Gasteiger partial charge on any atom is 0.313 e. The normalized spacial score (nSPS) is 19.8. The number of hydrogen-bond acceptors (Lipinski definition) is 6. The third kappa shape index (κ3) is 5.15. The lowest BCUT2D eigenvalue weighted by Crippen LogP contribution is -2.53. The first-order chi connectivity index (χ1) is 15.8. The van der Waals surface area contributed by atoms with Crippen LogP contribution in [0.4, 0.5) is 0 Å². The van der Waals surface area contributed by atoms with Gasteiger partial charge >= 0.3 is 5.97 Å². The number of piperazine rings is 1. The van der Waals surface area contributed by atoms with Gasteiger partial charge in [0.05, 0.1) is 10.8 Å². The van der Waals surface area contributed by atoms with Gasteiger partial charge in [-0.2, -0.15) is 4.31 Å². The first kappa shape index (κ1) is 23.5. The summed E-state index contributed by atoms with van der Waals surface area (Å²) in [6.07, 6.45) is -0.554. The number of halogens is 1. The molecule has 8 nitrogen and oxygen atoms in total. The summed E-state index contributed by atoms with van der Waals surface area (Å²) in [7, 11) is -3.61. The molecule has 0 spiro atoms. The van der Waals surface area contributed by atoms with Crippen molar-refractivity contribution >= 4 is 33.5 Å². The van der Waals surface area contributed by atoms with Crippen LogP contribution in [0.1, 0.15) is 12.5 Å². The topological polar surface area (TPSA) is 93.2 Å². The van der Waals surface area contributed by atoms with Crippen LogP contribution in [0.15, 0.2) is 53.4 Å². The average Bonchev–Trinajstić information content (AvgIpc) is 2.83. The van der Waals surface area contributed by atoms with E-state index in [0.29, 0.717) is 17.2 Å². The molecule has 0 N–H and O–H groups in total. The zero-order valence-corrected chi connectivity index (χ0v) is 19.7. The molecule has 10 heteroatoms. The summed E-state index contributed by atoms with van der Waals surface area (Å²) in [6.45, 7) is 2.51. The summed E-state index contributed by atoms with van der Waals surface area (Å²) in [5.74, 6) is -0.693. The maximum absolute atomic E-state index is 12.8. The van der Waals surface area contributed by atoms with Crippen molar-refractivity contribution in [1.82, 2.24) is 9.21 Å². The number of sulfonamides is 1. The first-order valence-electron chi connectivity index (χ1n) is 10.7. The van der Waals surface area contributed by atoms with Crippen LogP contribution < -0.4 is 4.74 Å². The number of esters is 1. The van der Waals surface area contributed by atoms with E-state index in [1.54, 1.807) is 48.5 Å². The predicted molar refractivity (Wildman–Crippen MR) is 121 cm³/mol. The Kier molecular flexibility index (Phi) is 6.92. The molecule has 2 atom stereocenters. The van der Waals surface area contributed by atoms with E-state index < -0.39 is 28.0 Å². The third-order valence-corrected chi connectivity index (χ3v) is 7.98. The number of carbonyl (C=O) groups is 2. The van der Waals surface area contributed by atoms with Crippen LogP contribution in [-0.2, 0) is 30.8 Å². The second-order valence-corrected chi connectivity index (χ2v) is 10.5. The molecular formula is C23H25ClN2O6S. The predicted octanol–water partition coefficient (Wildman–Crippen LogP) is 2.36. The standard InChI is InChI=1S/C23H25ClN2O6S/c1-16(32-23(28)18-13-17-14-19(24)7-8-21(17)31-15-18)22(27)25-9-11-26(12-10-25)33(29,30)20-5-3-2-4-6-20/h2-8,14,16,18H,9-13,15H2,1H3/t16-,18+/m1/s1. The number of rotatable bonds is 5. The number of amides is 1. The molecule has 4 rings (SSSR count). The monoisotopic (exact) mass is 492 g/mol. The number of fused-ring (bicyclic) bond motifs is 1. The van der Waals surface area contributed by atoms with Crippen LogP contribution >= 0.6 is 11.6 Å². The van der Waals surface area contributed by atoms with Crippen molar-refractivity contribution in [2.45, 2.75) is 24.3 Å². The third-order valence-electron chi connectivity index (χ3n) is 5.83. The number of benzene rings is 2. The molecule has 0 aliphatic carbocycles. The van der Waals surface area contributed by atoms with Gasteiger partial charge in [-0.15, -0.1) is 0 Å². The first-order valence-corrected chi connectivity index (χ1v) is 12.5. The fourth-order valence-corrected chi connectivity index (χ4v) is 5.62. The molecule has 0 aromatic heterocycles. The van der Waals surface area contributed by atoms with Gasteiger partial charge in [0.1, 0.15) is 12.4 Å². The highest BCUT2D eigenvalue weighted by Crippen LogP contribution is 2.30. The second-order valence-electron chi connectivity index (χ2n) is 8.09. The van der Waals surface area contributed by atoms with Crippen molar-refractivity contribution in [1.29, 1.82) is 0 Å². The Bertz CT molecular complexity index is 1130. The van der Waals surface area contributed by atoms with Crippen LogP contribution in [0.5, 0.6) is 5.75 Å². The fourth-order valence-electron chi connectivity index (χ4n) is 3.98. The molecule has 2 aromatic carbocycles. The number of ether oxygens (including phenoxy) is 2. The zero-order valence-electron chi connectivity index (χ0n) is 18.1. The Balaban J connectivity index is 1.31. The molecule has 0 unspecified atom stereocenters. The van der Waals surface area contributed by atoms with Crippen LogP contribution in [0, 0.1) is 5.92 Å². The highest BCUT2D eigenvalue weighted by Gasteiger charge is 2.34. The van der Waals surface area contributed by atoms with E-state index in [0.717, 1.165) is 5.56 Å². The Morgan fingerprint density at radius 1 is 1.09 bits per heavy atom. The van der Waals surface area contributed by atoms with Crippen molar-refractivity contribution in [3.63, 3.8) is 0 Å². The van der Waals surface area contributed by atoms with Crippen molar-refractivity contribution in [3.05, 3.63) is 59.1 Å². The van der Waals surface area contributed by atoms with Crippen LogP contribution in [-0.4, -0.2) is 68.4 Å². The minimum Gasteiger partial charge on any atom is -0.492 e. The van der Waals surface area contributed by atoms with Crippen molar-refractivity contribution in [3.8, 4) is 5.75 Å². The van der Waals surface area contributed by atoms with E-state index in [-0.39, 0.29) is 43.6 Å². The quantitative estimate of drug-likeness (QED) is 0.595. The van der Waals surface area contributed by atoms with Crippen LogP contribution in [0.25, 0.3) is 0 Å². The van der Waals surface area contributed by atoms with Gasteiger partial charge in [0.15, 0.2) is 6.10 Å². The fraction of sp³-hybridized carbons (Fsp3) is 0.391. The van der Waals surface area contributed by atoms with Crippen LogP contribution in [0.3, 0.4) is 0 Å². The summed E-state index contributed by atoms with van der Waals surface area (Å²) in [5.41, 5.74) is 0.824. The molecule has 0 bridgehead atoms. The average molecular weight is 493 g/mol. The van der Waals surface area contributed by atoms with Gasteiger partial charge in [-0.1, -0.05) is 29.8 Å². The van der Waals surface area contributed by atoms with E-state index in [1.807, 2.05) is 0 Å². The minimum absolute atomic E-state index is 0.171. The van der Waals surface area contributed by atoms with Gasteiger partial charge in [0, 0.05) is 31.2 Å². The summed E-state index contributed by atoms with van der Waals surface area (Å²) >= 11 is 6.03. The molecule has 1 fully saturated rings. The van der Waals surface area contributed by atoms with E-state index in [1.165, 1.54) is 16.1 Å². The Labute approximate surface area is 198 Å². The van der Waals surface area contributed by atoms with Gasteiger partial charge in [-0.3, -0.25) is 9.59 Å². The number of hydrogen-bond donors (Lipinski definition) is 0. The Hall–Kier alpha value is -2.62. The van der Waals surface area contributed by atoms with E-state index in [2.05, 4.69) is 0 Å². The molecule has 33 heavy (non-hydrogen) atoms. The summed E-state index contributed by atoms with van der Waals surface area (Å²) in [6, 6.07) is 13.5. The number of carbonyl (C=O) groups excluding carboxylic acids is 2. The summed E-state index contributed by atoms with van der Waals surface area (Å²) < 4.78 is 38.0. The minimum atomic E-state index is -3.61. The molecule has 2 heterocycles. The molecule has 0 radical (unpaired) electrons. The molecule has 1 saturated heterocycles.